The molecule has 0 aromatic heterocycles. The molecule has 0 spiro atoms. The molecule has 0 N–H and O–H groups in total. The lowest BCUT2D eigenvalue weighted by atomic mass is 9.84. The van der Waals surface area contributed by atoms with Gasteiger partial charge < -0.3 is 4.74 Å². The van der Waals surface area contributed by atoms with Crippen LogP contribution < -0.4 is 0 Å². The molecular weight excluding hydrogens is 248 g/mol. The van der Waals surface area contributed by atoms with E-state index in [0.29, 0.717) is 18.1 Å². The minimum Gasteiger partial charge on any atom is -0.501 e. The Balaban J connectivity index is 1.76. The first kappa shape index (κ1) is 13.9. The Morgan fingerprint density at radius 1 is 1.28 bits per heavy atom. The highest BCUT2D eigenvalue weighted by molar-refractivity contribution is 7.91. The molecule has 1 heterocycles. The van der Waals surface area contributed by atoms with Crippen molar-refractivity contribution in [2.24, 2.45) is 5.41 Å². The molecule has 1 saturated heterocycles. The van der Waals surface area contributed by atoms with Gasteiger partial charge in [-0.25, -0.2) is 8.42 Å². The Labute approximate surface area is 111 Å². The molecule has 1 aliphatic heterocycles. The summed E-state index contributed by atoms with van der Waals surface area (Å²) in [5.74, 6) is 0.702. The van der Waals surface area contributed by atoms with Crippen molar-refractivity contribution in [1.29, 1.82) is 0 Å². The molecule has 0 bridgehead atoms. The van der Waals surface area contributed by atoms with Crippen LogP contribution in [0.3, 0.4) is 0 Å². The van der Waals surface area contributed by atoms with Crippen LogP contribution in [-0.4, -0.2) is 26.5 Å². The average molecular weight is 272 g/mol. The number of allylic oxidation sites excluding steroid dienone is 1. The molecule has 2 rings (SSSR count). The Kier molecular flexibility index (Phi) is 4.36. The number of rotatable bonds is 4. The van der Waals surface area contributed by atoms with Gasteiger partial charge in [0, 0.05) is 0 Å². The predicted molar refractivity (Wildman–Crippen MR) is 73.1 cm³/mol. The fraction of sp³-hybridized carbons (Fsp3) is 0.857. The molecule has 1 atom stereocenters. The molecule has 0 amide bonds. The largest absolute Gasteiger partial charge is 0.501 e. The third-order valence-electron chi connectivity index (χ3n) is 4.12. The summed E-state index contributed by atoms with van der Waals surface area (Å²) in [6, 6.07) is 0. The van der Waals surface area contributed by atoms with Gasteiger partial charge in [0.1, 0.15) is 0 Å². The van der Waals surface area contributed by atoms with E-state index in [4.69, 9.17) is 4.74 Å². The van der Waals surface area contributed by atoms with E-state index in [0.717, 1.165) is 19.3 Å². The molecule has 18 heavy (non-hydrogen) atoms. The van der Waals surface area contributed by atoms with Gasteiger partial charge in [-0.1, -0.05) is 6.92 Å². The number of hydrogen-bond acceptors (Lipinski definition) is 3. The second-order valence-corrected chi connectivity index (χ2v) is 8.29. The number of sulfone groups is 1. The van der Waals surface area contributed by atoms with Gasteiger partial charge in [-0.05, 0) is 55.9 Å². The van der Waals surface area contributed by atoms with Crippen LogP contribution in [-0.2, 0) is 14.6 Å². The van der Waals surface area contributed by atoms with Crippen LogP contribution >= 0.6 is 0 Å². The molecule has 3 nitrogen and oxygen atoms in total. The summed E-state index contributed by atoms with van der Waals surface area (Å²) in [7, 11) is -2.81. The molecule has 1 unspecified atom stereocenters. The van der Waals surface area contributed by atoms with Crippen molar-refractivity contribution >= 4 is 9.84 Å². The molecule has 0 aromatic carbocycles. The van der Waals surface area contributed by atoms with E-state index >= 15 is 0 Å². The summed E-state index contributed by atoms with van der Waals surface area (Å²) in [4.78, 5) is 0. The van der Waals surface area contributed by atoms with E-state index in [1.54, 1.807) is 0 Å². The van der Waals surface area contributed by atoms with Gasteiger partial charge in [-0.3, -0.25) is 0 Å². The standard InChI is InChI=1S/C14H24O3S/c1-14(7-4-10-18(15,16)12-14)8-9-17-11-13-5-2-3-6-13/h11H,2-10,12H2,1H3. The topological polar surface area (TPSA) is 43.4 Å². The summed E-state index contributed by atoms with van der Waals surface area (Å²) >= 11 is 0. The van der Waals surface area contributed by atoms with Gasteiger partial charge in [0.05, 0.1) is 24.4 Å². The van der Waals surface area contributed by atoms with Crippen LogP contribution in [0, 0.1) is 5.41 Å². The first-order valence-corrected chi connectivity index (χ1v) is 8.81. The molecule has 1 saturated carbocycles. The van der Waals surface area contributed by atoms with Crippen molar-refractivity contribution in [2.45, 2.75) is 51.9 Å². The molecule has 0 radical (unpaired) electrons. The first-order valence-electron chi connectivity index (χ1n) is 6.99. The third kappa shape index (κ3) is 4.01. The quantitative estimate of drug-likeness (QED) is 0.583. The second kappa shape index (κ2) is 5.64. The van der Waals surface area contributed by atoms with Crippen molar-refractivity contribution in [2.75, 3.05) is 18.1 Å². The first-order chi connectivity index (χ1) is 8.49. The zero-order valence-electron chi connectivity index (χ0n) is 11.3. The van der Waals surface area contributed by atoms with Crippen LogP contribution in [0.2, 0.25) is 0 Å². The number of hydrogen-bond donors (Lipinski definition) is 0. The minimum absolute atomic E-state index is 0.0781. The fourth-order valence-corrected chi connectivity index (χ4v) is 5.10. The van der Waals surface area contributed by atoms with Crippen LogP contribution in [0.1, 0.15) is 51.9 Å². The van der Waals surface area contributed by atoms with Crippen molar-refractivity contribution in [3.05, 3.63) is 11.8 Å². The predicted octanol–water partition coefficient (Wildman–Crippen LogP) is 3.07. The second-order valence-electron chi connectivity index (χ2n) is 6.11. The smallest absolute Gasteiger partial charge is 0.150 e. The highest BCUT2D eigenvalue weighted by Gasteiger charge is 2.34. The van der Waals surface area contributed by atoms with Crippen LogP contribution in [0.15, 0.2) is 11.8 Å². The molecule has 1 aliphatic carbocycles. The molecule has 2 fully saturated rings. The maximum Gasteiger partial charge on any atom is 0.150 e. The van der Waals surface area contributed by atoms with E-state index in [-0.39, 0.29) is 5.41 Å². The SMILES string of the molecule is CC1(CCOC=C2CCCC2)CCCS(=O)(=O)C1. The lowest BCUT2D eigenvalue weighted by molar-refractivity contribution is 0.176. The van der Waals surface area contributed by atoms with E-state index in [9.17, 15) is 8.42 Å². The molecule has 4 heteroatoms. The Bertz CT molecular complexity index is 403. The van der Waals surface area contributed by atoms with Crippen LogP contribution in [0.4, 0.5) is 0 Å². The maximum atomic E-state index is 11.7. The normalized spacial score (nSPS) is 31.3. The van der Waals surface area contributed by atoms with Gasteiger partial charge >= 0.3 is 0 Å². The van der Waals surface area contributed by atoms with Gasteiger partial charge in [0.2, 0.25) is 0 Å². The zero-order valence-corrected chi connectivity index (χ0v) is 12.1. The van der Waals surface area contributed by atoms with E-state index in [2.05, 4.69) is 6.92 Å². The summed E-state index contributed by atoms with van der Waals surface area (Å²) in [6.07, 6.45) is 9.48. The number of ether oxygens (including phenoxy) is 1. The molecule has 0 aromatic rings. The molecule has 104 valence electrons. The summed E-state index contributed by atoms with van der Waals surface area (Å²) in [5, 5.41) is 0. The Morgan fingerprint density at radius 3 is 2.67 bits per heavy atom. The van der Waals surface area contributed by atoms with Gasteiger partial charge in [-0.15, -0.1) is 0 Å². The summed E-state index contributed by atoms with van der Waals surface area (Å²) in [5.41, 5.74) is 1.34. The van der Waals surface area contributed by atoms with Crippen molar-refractivity contribution < 1.29 is 13.2 Å². The Morgan fingerprint density at radius 2 is 2.00 bits per heavy atom. The van der Waals surface area contributed by atoms with E-state index in [1.807, 2.05) is 6.26 Å². The summed E-state index contributed by atoms with van der Waals surface area (Å²) < 4.78 is 28.9. The monoisotopic (exact) mass is 272 g/mol. The van der Waals surface area contributed by atoms with Crippen molar-refractivity contribution in [3.63, 3.8) is 0 Å². The van der Waals surface area contributed by atoms with Gasteiger partial charge in [0.15, 0.2) is 9.84 Å². The lowest BCUT2D eigenvalue weighted by Crippen LogP contribution is -2.34. The van der Waals surface area contributed by atoms with E-state index in [1.165, 1.54) is 31.3 Å². The highest BCUT2D eigenvalue weighted by Crippen LogP contribution is 2.34. The maximum absolute atomic E-state index is 11.7. The molecular formula is C14H24O3S. The third-order valence-corrected chi connectivity index (χ3v) is 6.17. The van der Waals surface area contributed by atoms with Crippen molar-refractivity contribution in [1.82, 2.24) is 0 Å². The Hall–Kier alpha value is -0.510. The van der Waals surface area contributed by atoms with E-state index < -0.39 is 9.84 Å². The van der Waals surface area contributed by atoms with Crippen LogP contribution in [0.25, 0.3) is 0 Å². The zero-order chi connectivity index (χ0) is 13.1. The van der Waals surface area contributed by atoms with Gasteiger partial charge in [-0.2, -0.15) is 0 Å². The fourth-order valence-electron chi connectivity index (χ4n) is 3.02. The highest BCUT2D eigenvalue weighted by atomic mass is 32.2. The van der Waals surface area contributed by atoms with Gasteiger partial charge in [0.25, 0.3) is 0 Å². The van der Waals surface area contributed by atoms with Crippen LogP contribution in [0.5, 0.6) is 0 Å². The average Bonchev–Trinajstić information content (AvgIpc) is 2.75. The molecule has 2 aliphatic rings. The minimum atomic E-state index is -2.81. The summed E-state index contributed by atoms with van der Waals surface area (Å²) in [6.45, 7) is 2.73. The van der Waals surface area contributed by atoms with Crippen molar-refractivity contribution in [3.8, 4) is 0 Å². The lowest BCUT2D eigenvalue weighted by Gasteiger charge is -2.32.